The van der Waals surface area contributed by atoms with Gasteiger partial charge in [-0.05, 0) is 54.4 Å². The Bertz CT molecular complexity index is 557. The molecule has 2 rings (SSSR count). The minimum atomic E-state index is 0.894. The van der Waals surface area contributed by atoms with Crippen LogP contribution in [0.5, 0.6) is 0 Å². The summed E-state index contributed by atoms with van der Waals surface area (Å²) < 4.78 is 1.13. The summed E-state index contributed by atoms with van der Waals surface area (Å²) in [5.41, 5.74) is 3.93. The van der Waals surface area contributed by atoms with E-state index in [2.05, 4.69) is 75.4 Å². The van der Waals surface area contributed by atoms with Crippen LogP contribution >= 0.6 is 15.9 Å². The Kier molecular flexibility index (Phi) is 6.21. The summed E-state index contributed by atoms with van der Waals surface area (Å²) in [5, 5.41) is 3.41. The normalized spacial score (nSPS) is 10.6. The fraction of sp³-hybridized carbons (Fsp3) is 0.353. The van der Waals surface area contributed by atoms with E-state index >= 15 is 0 Å². The molecule has 0 atom stereocenters. The quantitative estimate of drug-likeness (QED) is 0.828. The van der Waals surface area contributed by atoms with Crippen LogP contribution in [0.1, 0.15) is 18.1 Å². The molecule has 0 radical (unpaired) electrons. The lowest BCUT2D eigenvalue weighted by atomic mass is 10.1. The van der Waals surface area contributed by atoms with Gasteiger partial charge in [0.05, 0.1) is 0 Å². The zero-order valence-corrected chi connectivity index (χ0v) is 14.2. The molecule has 0 saturated carbocycles. The molecule has 1 heterocycles. The first-order chi connectivity index (χ1) is 10.2. The van der Waals surface area contributed by atoms with Gasteiger partial charge in [-0.25, -0.2) is 0 Å². The summed E-state index contributed by atoms with van der Waals surface area (Å²) >= 11 is 3.56. The van der Waals surface area contributed by atoms with Crippen molar-refractivity contribution in [1.82, 2.24) is 10.3 Å². The molecule has 1 aromatic carbocycles. The molecule has 3 nitrogen and oxygen atoms in total. The molecule has 21 heavy (non-hydrogen) atoms. The predicted molar refractivity (Wildman–Crippen MR) is 92.7 cm³/mol. The van der Waals surface area contributed by atoms with E-state index < -0.39 is 0 Å². The largest absolute Gasteiger partial charge is 0.374 e. The van der Waals surface area contributed by atoms with E-state index in [0.29, 0.717) is 0 Å². The van der Waals surface area contributed by atoms with Gasteiger partial charge >= 0.3 is 0 Å². The molecule has 0 fully saturated rings. The highest BCUT2D eigenvalue weighted by Gasteiger charge is 2.08. The molecule has 2 aromatic rings. The third-order valence-corrected chi connectivity index (χ3v) is 4.00. The van der Waals surface area contributed by atoms with E-state index in [-0.39, 0.29) is 0 Å². The Morgan fingerprint density at radius 3 is 2.67 bits per heavy atom. The number of nitrogens with zero attached hydrogens (tertiary/aromatic N) is 2. The Morgan fingerprint density at radius 2 is 1.95 bits per heavy atom. The summed E-state index contributed by atoms with van der Waals surface area (Å²) in [6, 6.07) is 10.6. The first kappa shape index (κ1) is 16.0. The smallest absolute Gasteiger partial charge is 0.0410 e. The average molecular weight is 348 g/mol. The van der Waals surface area contributed by atoms with Crippen LogP contribution in [-0.2, 0) is 13.0 Å². The third-order valence-electron chi connectivity index (χ3n) is 3.50. The number of anilines is 1. The van der Waals surface area contributed by atoms with E-state index in [1.807, 2.05) is 12.4 Å². The second kappa shape index (κ2) is 8.15. The summed E-state index contributed by atoms with van der Waals surface area (Å²) in [4.78, 5) is 6.38. The average Bonchev–Trinajstić information content (AvgIpc) is 2.51. The number of halogens is 1. The van der Waals surface area contributed by atoms with Crippen molar-refractivity contribution in [2.45, 2.75) is 19.9 Å². The summed E-state index contributed by atoms with van der Waals surface area (Å²) in [6.07, 6.45) is 4.73. The molecule has 4 heteroatoms. The van der Waals surface area contributed by atoms with Gasteiger partial charge in [0.2, 0.25) is 0 Å². The maximum Gasteiger partial charge on any atom is 0.0410 e. The maximum absolute atomic E-state index is 4.06. The number of benzene rings is 1. The Balaban J connectivity index is 2.05. The molecule has 1 aromatic heterocycles. The van der Waals surface area contributed by atoms with Crippen LogP contribution in [0, 0.1) is 0 Å². The van der Waals surface area contributed by atoms with Gasteiger partial charge in [0, 0.05) is 42.7 Å². The SMILES string of the molecule is CCNCc1cc(Br)ccc1N(C)CCc1ccncc1. The maximum atomic E-state index is 4.06. The lowest BCUT2D eigenvalue weighted by molar-refractivity contribution is 0.722. The molecular formula is C17H22BrN3. The van der Waals surface area contributed by atoms with Crippen molar-refractivity contribution in [2.75, 3.05) is 25.0 Å². The fourth-order valence-corrected chi connectivity index (χ4v) is 2.70. The molecular weight excluding hydrogens is 326 g/mol. The Labute approximate surface area is 135 Å². The molecule has 0 bridgehead atoms. The minimum Gasteiger partial charge on any atom is -0.374 e. The number of hydrogen-bond acceptors (Lipinski definition) is 3. The standard InChI is InChI=1S/C17H22BrN3/c1-3-19-13-15-12-16(18)4-5-17(15)21(2)11-8-14-6-9-20-10-7-14/h4-7,9-10,12,19H,3,8,11,13H2,1-2H3. The molecule has 0 aliphatic carbocycles. The number of aromatic nitrogens is 1. The summed E-state index contributed by atoms with van der Waals surface area (Å²) in [5.74, 6) is 0. The van der Waals surface area contributed by atoms with Gasteiger partial charge in [-0.15, -0.1) is 0 Å². The van der Waals surface area contributed by atoms with E-state index in [0.717, 1.165) is 30.5 Å². The number of rotatable bonds is 7. The van der Waals surface area contributed by atoms with Crippen molar-refractivity contribution in [1.29, 1.82) is 0 Å². The summed E-state index contributed by atoms with van der Waals surface area (Å²) in [7, 11) is 2.15. The number of nitrogens with one attached hydrogen (secondary N) is 1. The molecule has 0 amide bonds. The van der Waals surface area contributed by atoms with Gasteiger partial charge in [0.1, 0.15) is 0 Å². The predicted octanol–water partition coefficient (Wildman–Crippen LogP) is 3.63. The van der Waals surface area contributed by atoms with E-state index in [4.69, 9.17) is 0 Å². The van der Waals surface area contributed by atoms with Crippen molar-refractivity contribution in [3.8, 4) is 0 Å². The zero-order valence-electron chi connectivity index (χ0n) is 12.6. The third kappa shape index (κ3) is 4.83. The topological polar surface area (TPSA) is 28.2 Å². The molecule has 0 aliphatic rings. The van der Waals surface area contributed by atoms with Gasteiger partial charge in [-0.1, -0.05) is 22.9 Å². The molecule has 1 N–H and O–H groups in total. The first-order valence-corrected chi connectivity index (χ1v) is 8.09. The second-order valence-corrected chi connectivity index (χ2v) is 6.00. The van der Waals surface area contributed by atoms with Crippen LogP contribution in [0.25, 0.3) is 0 Å². The molecule has 112 valence electrons. The summed E-state index contributed by atoms with van der Waals surface area (Å²) in [6.45, 7) is 4.99. The lowest BCUT2D eigenvalue weighted by Crippen LogP contribution is -2.23. The van der Waals surface area contributed by atoms with Gasteiger partial charge in [0.25, 0.3) is 0 Å². The van der Waals surface area contributed by atoms with Crippen molar-refractivity contribution in [3.63, 3.8) is 0 Å². The van der Waals surface area contributed by atoms with Crippen LogP contribution in [-0.4, -0.2) is 25.1 Å². The highest BCUT2D eigenvalue weighted by Crippen LogP contribution is 2.24. The first-order valence-electron chi connectivity index (χ1n) is 7.30. The number of pyridine rings is 1. The van der Waals surface area contributed by atoms with Crippen molar-refractivity contribution in [3.05, 3.63) is 58.3 Å². The van der Waals surface area contributed by atoms with E-state index in [9.17, 15) is 0 Å². The molecule has 0 spiro atoms. The fourth-order valence-electron chi connectivity index (χ4n) is 2.29. The van der Waals surface area contributed by atoms with Gasteiger partial charge in [-0.2, -0.15) is 0 Å². The molecule has 0 unspecified atom stereocenters. The van der Waals surface area contributed by atoms with Crippen LogP contribution in [0.3, 0.4) is 0 Å². The van der Waals surface area contributed by atoms with Crippen molar-refractivity contribution in [2.24, 2.45) is 0 Å². The van der Waals surface area contributed by atoms with Gasteiger partial charge in [-0.3, -0.25) is 4.98 Å². The molecule has 0 saturated heterocycles. The highest BCUT2D eigenvalue weighted by molar-refractivity contribution is 9.10. The minimum absolute atomic E-state index is 0.894. The van der Waals surface area contributed by atoms with Crippen LogP contribution in [0.15, 0.2) is 47.2 Å². The van der Waals surface area contributed by atoms with Crippen LogP contribution in [0.2, 0.25) is 0 Å². The zero-order chi connectivity index (χ0) is 15.1. The Hall–Kier alpha value is -1.39. The van der Waals surface area contributed by atoms with Gasteiger partial charge in [0.15, 0.2) is 0 Å². The Morgan fingerprint density at radius 1 is 1.19 bits per heavy atom. The lowest BCUT2D eigenvalue weighted by Gasteiger charge is -2.23. The van der Waals surface area contributed by atoms with Crippen LogP contribution in [0.4, 0.5) is 5.69 Å². The van der Waals surface area contributed by atoms with Crippen LogP contribution < -0.4 is 10.2 Å². The number of hydrogen-bond donors (Lipinski definition) is 1. The number of likely N-dealkylation sites (N-methyl/N-ethyl adjacent to an activating group) is 1. The van der Waals surface area contributed by atoms with E-state index in [1.54, 1.807) is 0 Å². The second-order valence-electron chi connectivity index (χ2n) is 5.08. The highest BCUT2D eigenvalue weighted by atomic mass is 79.9. The van der Waals surface area contributed by atoms with Crippen molar-refractivity contribution < 1.29 is 0 Å². The van der Waals surface area contributed by atoms with Gasteiger partial charge < -0.3 is 10.2 Å². The van der Waals surface area contributed by atoms with Crippen molar-refractivity contribution >= 4 is 21.6 Å². The monoisotopic (exact) mass is 347 g/mol. The molecule has 0 aliphatic heterocycles. The van der Waals surface area contributed by atoms with E-state index in [1.165, 1.54) is 16.8 Å².